The average Bonchev–Trinajstić information content (AvgIpc) is 2.28. The second-order valence-corrected chi connectivity index (χ2v) is 4.69. The molecule has 0 amide bonds. The summed E-state index contributed by atoms with van der Waals surface area (Å²) in [4.78, 5) is 0. The first-order valence-electron chi connectivity index (χ1n) is 6.07. The summed E-state index contributed by atoms with van der Waals surface area (Å²) in [6.45, 7) is 18.2. The Labute approximate surface area is 106 Å². The third-order valence-corrected chi connectivity index (χ3v) is 3.03. The predicted molar refractivity (Wildman–Crippen MR) is 81.3 cm³/mol. The van der Waals surface area contributed by atoms with Gasteiger partial charge in [-0.05, 0) is 31.4 Å². The first-order chi connectivity index (χ1) is 7.95. The van der Waals surface area contributed by atoms with E-state index in [0.29, 0.717) is 0 Å². The van der Waals surface area contributed by atoms with Crippen molar-refractivity contribution in [2.75, 3.05) is 0 Å². The molecule has 0 aromatic heterocycles. The largest absolute Gasteiger partial charge is 0.191 e. The molecule has 0 saturated heterocycles. The molecule has 0 fully saturated rings. The van der Waals surface area contributed by atoms with Crippen LogP contribution in [0, 0.1) is 0 Å². The van der Waals surface area contributed by atoms with Crippen molar-refractivity contribution >= 4 is 18.3 Å². The highest BCUT2D eigenvalue weighted by Crippen LogP contribution is 2.16. The monoisotopic (exact) mass is 224 g/mol. The Morgan fingerprint density at radius 1 is 1.18 bits per heavy atom. The smallest absolute Gasteiger partial charge is 0.104 e. The molecule has 1 heteroatoms. The Bertz CT molecular complexity index is 466. The standard InChI is InChI=1S/C16H21B/c1-7-14-10-15(17-13(6)11(2)3)8-9-16(14)12(4)5/h8-10,17H,2,4,6-7H2,1,3,5H3. The van der Waals surface area contributed by atoms with Crippen molar-refractivity contribution in [1.82, 2.24) is 0 Å². The van der Waals surface area contributed by atoms with E-state index in [2.05, 4.69) is 51.8 Å². The highest BCUT2D eigenvalue weighted by atomic mass is 14.0. The van der Waals surface area contributed by atoms with E-state index in [1.54, 1.807) is 0 Å². The van der Waals surface area contributed by atoms with Gasteiger partial charge in [-0.2, -0.15) is 0 Å². The van der Waals surface area contributed by atoms with Crippen LogP contribution in [0.3, 0.4) is 0 Å². The van der Waals surface area contributed by atoms with E-state index in [1.807, 2.05) is 6.92 Å². The van der Waals surface area contributed by atoms with Gasteiger partial charge in [-0.3, -0.25) is 0 Å². The number of hydrogen-bond donors (Lipinski definition) is 0. The Hall–Kier alpha value is -1.50. The van der Waals surface area contributed by atoms with E-state index < -0.39 is 0 Å². The minimum atomic E-state index is 0.888. The fourth-order valence-corrected chi connectivity index (χ4v) is 1.86. The van der Waals surface area contributed by atoms with Crippen LogP contribution in [0.5, 0.6) is 0 Å². The summed E-state index contributed by atoms with van der Waals surface area (Å²) < 4.78 is 0. The number of hydrogen-bond acceptors (Lipinski definition) is 0. The summed E-state index contributed by atoms with van der Waals surface area (Å²) in [5, 5.41) is 0. The van der Waals surface area contributed by atoms with Crippen molar-refractivity contribution in [3.05, 3.63) is 60.1 Å². The van der Waals surface area contributed by atoms with E-state index in [4.69, 9.17) is 0 Å². The Kier molecular flexibility index (Phi) is 4.57. The maximum atomic E-state index is 4.05. The zero-order valence-electron chi connectivity index (χ0n) is 11.3. The molecule has 0 heterocycles. The number of benzene rings is 1. The first-order valence-corrected chi connectivity index (χ1v) is 6.07. The zero-order chi connectivity index (χ0) is 13.0. The van der Waals surface area contributed by atoms with Crippen LogP contribution >= 0.6 is 0 Å². The Morgan fingerprint density at radius 3 is 2.29 bits per heavy atom. The maximum Gasteiger partial charge on any atom is 0.191 e. The van der Waals surface area contributed by atoms with Gasteiger partial charge in [0.1, 0.15) is 0 Å². The van der Waals surface area contributed by atoms with Crippen LogP contribution in [0.25, 0.3) is 5.57 Å². The topological polar surface area (TPSA) is 0 Å². The molecule has 0 aliphatic heterocycles. The predicted octanol–water partition coefficient (Wildman–Crippen LogP) is 3.43. The third kappa shape index (κ3) is 3.49. The van der Waals surface area contributed by atoms with Gasteiger partial charge in [0.25, 0.3) is 0 Å². The third-order valence-electron chi connectivity index (χ3n) is 3.03. The van der Waals surface area contributed by atoms with Crippen molar-refractivity contribution in [1.29, 1.82) is 0 Å². The zero-order valence-corrected chi connectivity index (χ0v) is 11.3. The van der Waals surface area contributed by atoms with Crippen LogP contribution in [-0.2, 0) is 6.42 Å². The summed E-state index contributed by atoms with van der Waals surface area (Å²) in [5.41, 5.74) is 7.25. The van der Waals surface area contributed by atoms with Crippen LogP contribution in [0.2, 0.25) is 0 Å². The summed E-state index contributed by atoms with van der Waals surface area (Å²) in [6, 6.07) is 6.59. The summed E-state index contributed by atoms with van der Waals surface area (Å²) in [6.07, 6.45) is 1.04. The van der Waals surface area contributed by atoms with E-state index in [9.17, 15) is 0 Å². The normalized spacial score (nSPS) is 9.82. The lowest BCUT2D eigenvalue weighted by atomic mass is 9.61. The highest BCUT2D eigenvalue weighted by Gasteiger charge is 2.06. The minimum Gasteiger partial charge on any atom is -0.104 e. The van der Waals surface area contributed by atoms with Gasteiger partial charge in [-0.15, -0.1) is 6.58 Å². The van der Waals surface area contributed by atoms with Gasteiger partial charge in [-0.1, -0.05) is 60.4 Å². The molecule has 0 spiro atoms. The van der Waals surface area contributed by atoms with Crippen molar-refractivity contribution in [2.24, 2.45) is 0 Å². The molecule has 0 unspecified atom stereocenters. The molecule has 0 saturated carbocycles. The first kappa shape index (κ1) is 13.6. The molecule has 0 atom stereocenters. The molecule has 0 aliphatic rings. The van der Waals surface area contributed by atoms with E-state index in [-0.39, 0.29) is 0 Å². The minimum absolute atomic E-state index is 0.888. The van der Waals surface area contributed by atoms with Gasteiger partial charge in [0.15, 0.2) is 7.28 Å². The molecule has 0 bridgehead atoms. The van der Waals surface area contributed by atoms with Crippen molar-refractivity contribution in [2.45, 2.75) is 27.2 Å². The summed E-state index contributed by atoms with van der Waals surface area (Å²) >= 11 is 0. The van der Waals surface area contributed by atoms with Crippen molar-refractivity contribution < 1.29 is 0 Å². The molecular weight excluding hydrogens is 203 g/mol. The number of allylic oxidation sites excluding steroid dienone is 3. The molecule has 0 nitrogen and oxygen atoms in total. The summed E-state index contributed by atoms with van der Waals surface area (Å²) in [7, 11) is 0.888. The van der Waals surface area contributed by atoms with Gasteiger partial charge in [0.05, 0.1) is 0 Å². The fourth-order valence-electron chi connectivity index (χ4n) is 1.86. The highest BCUT2D eigenvalue weighted by molar-refractivity contribution is 6.62. The van der Waals surface area contributed by atoms with Crippen molar-refractivity contribution in [3.63, 3.8) is 0 Å². The van der Waals surface area contributed by atoms with Crippen molar-refractivity contribution in [3.8, 4) is 0 Å². The van der Waals surface area contributed by atoms with E-state index in [0.717, 1.165) is 30.3 Å². The van der Waals surface area contributed by atoms with Crippen LogP contribution in [0.4, 0.5) is 0 Å². The molecule has 1 aromatic carbocycles. The molecule has 1 rings (SSSR count). The fraction of sp³-hybridized carbons (Fsp3) is 0.250. The molecule has 1 aromatic rings. The molecule has 0 radical (unpaired) electrons. The van der Waals surface area contributed by atoms with Gasteiger partial charge in [0.2, 0.25) is 0 Å². The van der Waals surface area contributed by atoms with Gasteiger partial charge >= 0.3 is 0 Å². The molecule has 0 N–H and O–H groups in total. The van der Waals surface area contributed by atoms with Crippen LogP contribution in [0.15, 0.2) is 49.0 Å². The molecule has 17 heavy (non-hydrogen) atoms. The number of aryl methyl sites for hydroxylation is 1. The van der Waals surface area contributed by atoms with Gasteiger partial charge in [-0.25, -0.2) is 0 Å². The second-order valence-electron chi connectivity index (χ2n) is 4.69. The van der Waals surface area contributed by atoms with E-state index in [1.165, 1.54) is 16.6 Å². The lowest BCUT2D eigenvalue weighted by Crippen LogP contribution is -2.17. The van der Waals surface area contributed by atoms with E-state index >= 15 is 0 Å². The average molecular weight is 224 g/mol. The Morgan fingerprint density at radius 2 is 1.82 bits per heavy atom. The second kappa shape index (κ2) is 5.72. The van der Waals surface area contributed by atoms with Crippen LogP contribution in [0.1, 0.15) is 31.9 Å². The van der Waals surface area contributed by atoms with Crippen LogP contribution < -0.4 is 5.46 Å². The van der Waals surface area contributed by atoms with Gasteiger partial charge < -0.3 is 0 Å². The number of rotatable bonds is 5. The SMILES string of the molecule is C=C(C)C(=C)Bc1ccc(C(=C)C)c(CC)c1. The quantitative estimate of drug-likeness (QED) is 0.531. The maximum absolute atomic E-state index is 4.05. The molecule has 0 aliphatic carbocycles. The molecule has 88 valence electrons. The lowest BCUT2D eigenvalue weighted by molar-refractivity contribution is 1.13. The Balaban J connectivity index is 3.01. The lowest BCUT2D eigenvalue weighted by Gasteiger charge is -2.11. The molecular formula is C16H21B. The summed E-state index contributed by atoms with van der Waals surface area (Å²) in [5.74, 6) is 0. The van der Waals surface area contributed by atoms with Gasteiger partial charge in [0, 0.05) is 0 Å². The van der Waals surface area contributed by atoms with Crippen LogP contribution in [-0.4, -0.2) is 7.28 Å².